The summed E-state index contributed by atoms with van der Waals surface area (Å²) in [5.41, 5.74) is 8.08. The topological polar surface area (TPSA) is 47.6 Å². The van der Waals surface area contributed by atoms with Crippen LogP contribution in [0.1, 0.15) is 25.0 Å². The van der Waals surface area contributed by atoms with E-state index in [1.165, 1.54) is 5.56 Å². The molecular formula is C15H19FN2O. The van der Waals surface area contributed by atoms with E-state index in [0.717, 1.165) is 17.7 Å². The molecule has 1 aromatic rings. The SMILES string of the molecule is CC1(C)Cc2cc(OCC(=CF)CN)ccc2C=N1. The van der Waals surface area contributed by atoms with E-state index in [-0.39, 0.29) is 18.7 Å². The summed E-state index contributed by atoms with van der Waals surface area (Å²) in [7, 11) is 0. The number of ether oxygens (including phenoxy) is 1. The van der Waals surface area contributed by atoms with Crippen molar-refractivity contribution in [2.45, 2.75) is 25.8 Å². The van der Waals surface area contributed by atoms with Gasteiger partial charge in [-0.3, -0.25) is 4.99 Å². The highest BCUT2D eigenvalue weighted by Gasteiger charge is 2.22. The van der Waals surface area contributed by atoms with E-state index < -0.39 is 0 Å². The van der Waals surface area contributed by atoms with Crippen molar-refractivity contribution in [1.29, 1.82) is 0 Å². The highest BCUT2D eigenvalue weighted by molar-refractivity contribution is 5.83. The number of rotatable bonds is 4. The number of nitrogens with two attached hydrogens (primary N) is 1. The molecule has 102 valence electrons. The quantitative estimate of drug-likeness (QED) is 0.906. The summed E-state index contributed by atoms with van der Waals surface area (Å²) in [6.45, 7) is 4.54. The van der Waals surface area contributed by atoms with Gasteiger partial charge in [0.25, 0.3) is 0 Å². The van der Waals surface area contributed by atoms with Crippen LogP contribution in [0.15, 0.2) is 35.1 Å². The van der Waals surface area contributed by atoms with Crippen molar-refractivity contribution < 1.29 is 9.13 Å². The summed E-state index contributed by atoms with van der Waals surface area (Å²) < 4.78 is 17.9. The van der Waals surface area contributed by atoms with Gasteiger partial charge in [-0.05, 0) is 49.6 Å². The Morgan fingerprint density at radius 1 is 1.53 bits per heavy atom. The smallest absolute Gasteiger partial charge is 0.120 e. The lowest BCUT2D eigenvalue weighted by molar-refractivity contribution is 0.347. The molecule has 0 bridgehead atoms. The number of nitrogens with zero attached hydrogens (tertiary/aromatic N) is 1. The average molecular weight is 262 g/mol. The Labute approximate surface area is 113 Å². The summed E-state index contributed by atoms with van der Waals surface area (Å²) >= 11 is 0. The molecule has 0 amide bonds. The molecule has 0 unspecified atom stereocenters. The molecule has 19 heavy (non-hydrogen) atoms. The first-order valence-electron chi connectivity index (χ1n) is 6.33. The highest BCUT2D eigenvalue weighted by atomic mass is 19.1. The number of hydrogen-bond donors (Lipinski definition) is 1. The van der Waals surface area contributed by atoms with Gasteiger partial charge >= 0.3 is 0 Å². The average Bonchev–Trinajstić information content (AvgIpc) is 2.38. The second-order valence-electron chi connectivity index (χ2n) is 5.37. The van der Waals surface area contributed by atoms with Gasteiger partial charge in [0.05, 0.1) is 11.9 Å². The van der Waals surface area contributed by atoms with Gasteiger partial charge < -0.3 is 10.5 Å². The van der Waals surface area contributed by atoms with Crippen LogP contribution in [0.4, 0.5) is 4.39 Å². The Balaban J connectivity index is 2.12. The summed E-state index contributed by atoms with van der Waals surface area (Å²) in [6, 6.07) is 5.84. The minimum Gasteiger partial charge on any atom is -0.489 e. The standard InChI is InChI=1S/C15H19FN2O/c1-15(2)6-13-5-14(4-3-12(13)9-18-15)19-10-11(7-16)8-17/h3-5,7,9H,6,8,10,17H2,1-2H3. The van der Waals surface area contributed by atoms with Gasteiger partial charge in [-0.25, -0.2) is 4.39 Å². The maximum atomic E-state index is 12.4. The van der Waals surface area contributed by atoms with Crippen LogP contribution in [-0.4, -0.2) is 24.9 Å². The maximum absolute atomic E-state index is 12.4. The lowest BCUT2D eigenvalue weighted by Gasteiger charge is -2.25. The van der Waals surface area contributed by atoms with Gasteiger partial charge in [-0.15, -0.1) is 0 Å². The molecule has 1 aromatic carbocycles. The minimum atomic E-state index is -0.0765. The third kappa shape index (κ3) is 3.41. The van der Waals surface area contributed by atoms with Gasteiger partial charge in [-0.2, -0.15) is 0 Å². The molecule has 0 aromatic heterocycles. The molecule has 0 atom stereocenters. The molecule has 1 aliphatic heterocycles. The molecule has 0 saturated carbocycles. The van der Waals surface area contributed by atoms with E-state index in [0.29, 0.717) is 11.9 Å². The second-order valence-corrected chi connectivity index (χ2v) is 5.37. The molecule has 0 spiro atoms. The minimum absolute atomic E-state index is 0.0765. The van der Waals surface area contributed by atoms with E-state index in [4.69, 9.17) is 10.5 Å². The molecule has 1 aliphatic rings. The van der Waals surface area contributed by atoms with Crippen molar-refractivity contribution in [2.75, 3.05) is 13.2 Å². The maximum Gasteiger partial charge on any atom is 0.120 e. The summed E-state index contributed by atoms with van der Waals surface area (Å²) in [5, 5.41) is 0. The zero-order valence-corrected chi connectivity index (χ0v) is 11.3. The van der Waals surface area contributed by atoms with Crippen molar-refractivity contribution in [3.63, 3.8) is 0 Å². The third-order valence-corrected chi connectivity index (χ3v) is 3.13. The van der Waals surface area contributed by atoms with E-state index >= 15 is 0 Å². The van der Waals surface area contributed by atoms with Gasteiger partial charge in [-0.1, -0.05) is 0 Å². The Hall–Kier alpha value is -1.68. The van der Waals surface area contributed by atoms with Gasteiger partial charge in [0.15, 0.2) is 0 Å². The fraction of sp³-hybridized carbons (Fsp3) is 0.400. The fourth-order valence-electron chi connectivity index (χ4n) is 2.02. The first-order valence-corrected chi connectivity index (χ1v) is 6.33. The number of halogens is 1. The van der Waals surface area contributed by atoms with Crippen LogP contribution in [0.25, 0.3) is 0 Å². The first kappa shape index (κ1) is 13.7. The molecule has 2 N–H and O–H groups in total. The van der Waals surface area contributed by atoms with E-state index in [2.05, 4.69) is 18.8 Å². The van der Waals surface area contributed by atoms with Gasteiger partial charge in [0, 0.05) is 18.3 Å². The predicted octanol–water partition coefficient (Wildman–Crippen LogP) is 2.63. The molecule has 1 heterocycles. The molecular weight excluding hydrogens is 243 g/mol. The zero-order chi connectivity index (χ0) is 13.9. The first-order chi connectivity index (χ1) is 9.04. The summed E-state index contributed by atoms with van der Waals surface area (Å²) in [5.74, 6) is 0.734. The Morgan fingerprint density at radius 3 is 3.00 bits per heavy atom. The number of hydrogen-bond acceptors (Lipinski definition) is 3. The fourth-order valence-corrected chi connectivity index (χ4v) is 2.02. The van der Waals surface area contributed by atoms with Crippen LogP contribution in [-0.2, 0) is 6.42 Å². The number of benzene rings is 1. The van der Waals surface area contributed by atoms with Crippen LogP contribution in [0, 0.1) is 0 Å². The van der Waals surface area contributed by atoms with Crippen LogP contribution >= 0.6 is 0 Å². The third-order valence-electron chi connectivity index (χ3n) is 3.13. The summed E-state index contributed by atoms with van der Waals surface area (Å²) in [4.78, 5) is 4.49. The van der Waals surface area contributed by atoms with Crippen LogP contribution in [0.5, 0.6) is 5.75 Å². The normalized spacial score (nSPS) is 17.2. The van der Waals surface area contributed by atoms with Crippen molar-refractivity contribution in [1.82, 2.24) is 0 Å². The lowest BCUT2D eigenvalue weighted by Crippen LogP contribution is -2.24. The molecule has 0 aliphatic carbocycles. The molecule has 4 heteroatoms. The Bertz CT molecular complexity index is 521. The van der Waals surface area contributed by atoms with Crippen molar-refractivity contribution >= 4 is 6.21 Å². The Kier molecular flexibility index (Phi) is 4.00. The van der Waals surface area contributed by atoms with Gasteiger partial charge in [0.1, 0.15) is 12.4 Å². The van der Waals surface area contributed by atoms with Crippen LogP contribution in [0.2, 0.25) is 0 Å². The van der Waals surface area contributed by atoms with Crippen molar-refractivity contribution in [3.8, 4) is 5.75 Å². The highest BCUT2D eigenvalue weighted by Crippen LogP contribution is 2.27. The number of aliphatic imine (C=N–C) groups is 1. The van der Waals surface area contributed by atoms with Crippen LogP contribution in [0.3, 0.4) is 0 Å². The van der Waals surface area contributed by atoms with E-state index in [9.17, 15) is 4.39 Å². The molecule has 0 saturated heterocycles. The van der Waals surface area contributed by atoms with E-state index in [1.54, 1.807) is 0 Å². The van der Waals surface area contributed by atoms with Crippen molar-refractivity contribution in [2.24, 2.45) is 10.7 Å². The van der Waals surface area contributed by atoms with Crippen LogP contribution < -0.4 is 10.5 Å². The molecule has 0 fully saturated rings. The lowest BCUT2D eigenvalue weighted by atomic mass is 9.90. The summed E-state index contributed by atoms with van der Waals surface area (Å²) in [6.07, 6.45) is 3.28. The number of fused-ring (bicyclic) bond motifs is 1. The monoisotopic (exact) mass is 262 g/mol. The van der Waals surface area contributed by atoms with Crippen molar-refractivity contribution in [3.05, 3.63) is 41.2 Å². The van der Waals surface area contributed by atoms with E-state index in [1.807, 2.05) is 24.4 Å². The molecule has 2 rings (SSSR count). The molecule has 0 radical (unpaired) electrons. The predicted molar refractivity (Wildman–Crippen MR) is 75.6 cm³/mol. The second kappa shape index (κ2) is 5.53. The Morgan fingerprint density at radius 2 is 2.32 bits per heavy atom. The van der Waals surface area contributed by atoms with Gasteiger partial charge in [0.2, 0.25) is 0 Å². The molecule has 3 nitrogen and oxygen atoms in total. The largest absolute Gasteiger partial charge is 0.489 e. The zero-order valence-electron chi connectivity index (χ0n) is 11.3.